The summed E-state index contributed by atoms with van der Waals surface area (Å²) >= 11 is 1.99. The fourth-order valence-corrected chi connectivity index (χ4v) is 4.84. The second-order valence-electron chi connectivity index (χ2n) is 7.21. The monoisotopic (exact) mass is 385 g/mol. The second-order valence-corrected chi connectivity index (χ2v) is 8.44. The number of pyridine rings is 1. The number of anilines is 1. The molecular weight excluding hydrogens is 358 g/mol. The van der Waals surface area contributed by atoms with Crippen molar-refractivity contribution in [2.45, 2.75) is 38.3 Å². The van der Waals surface area contributed by atoms with Gasteiger partial charge in [-0.2, -0.15) is 16.9 Å². The fourth-order valence-electron chi connectivity index (χ4n) is 3.94. The first kappa shape index (κ1) is 18.3. The van der Waals surface area contributed by atoms with E-state index in [1.54, 1.807) is 12.4 Å². The predicted molar refractivity (Wildman–Crippen MR) is 109 cm³/mol. The third-order valence-corrected chi connectivity index (χ3v) is 6.41. The highest BCUT2D eigenvalue weighted by Crippen LogP contribution is 2.23. The van der Waals surface area contributed by atoms with Gasteiger partial charge in [-0.1, -0.05) is 0 Å². The Morgan fingerprint density at radius 1 is 1.19 bits per heavy atom. The summed E-state index contributed by atoms with van der Waals surface area (Å²) in [7, 11) is 0. The van der Waals surface area contributed by atoms with Gasteiger partial charge in [0.1, 0.15) is 5.82 Å². The molecule has 0 aromatic carbocycles. The van der Waals surface area contributed by atoms with Gasteiger partial charge in [-0.05, 0) is 43.9 Å². The molecule has 4 heterocycles. The Labute approximate surface area is 164 Å². The number of hydrogen-bond donors (Lipinski definition) is 0. The second kappa shape index (κ2) is 8.78. The topological polar surface area (TPSA) is 54.3 Å². The van der Waals surface area contributed by atoms with Crippen molar-refractivity contribution in [1.82, 2.24) is 19.7 Å². The molecule has 0 spiro atoms. The summed E-state index contributed by atoms with van der Waals surface area (Å²) in [6.45, 7) is 3.76. The number of carbonyl (C=O) groups excluding carboxylic acids is 1. The maximum Gasteiger partial charge on any atom is 0.255 e. The standard InChI is InChI=1S/C20H27N5OS/c26-20(17-5-6-19(21-16-17)23-12-14-27-15-13-23)25-10-2-1-4-18(25)7-11-24-9-3-8-22-24/h3,5-6,8-9,16,18H,1-2,4,7,10-15H2/t18-/m0/s1. The molecule has 1 atom stereocenters. The van der Waals surface area contributed by atoms with Crippen LogP contribution in [0.25, 0.3) is 0 Å². The van der Waals surface area contributed by atoms with E-state index in [2.05, 4.69) is 19.9 Å². The van der Waals surface area contributed by atoms with Crippen LogP contribution in [0.15, 0.2) is 36.8 Å². The molecule has 0 bridgehead atoms. The minimum Gasteiger partial charge on any atom is -0.355 e. The summed E-state index contributed by atoms with van der Waals surface area (Å²) in [5, 5.41) is 4.28. The molecule has 0 N–H and O–H groups in total. The van der Waals surface area contributed by atoms with Crippen LogP contribution in [-0.4, -0.2) is 62.8 Å². The molecule has 6 nitrogen and oxygen atoms in total. The van der Waals surface area contributed by atoms with E-state index in [9.17, 15) is 4.79 Å². The lowest BCUT2D eigenvalue weighted by Crippen LogP contribution is -2.44. The van der Waals surface area contributed by atoms with Gasteiger partial charge in [0.05, 0.1) is 5.56 Å². The molecule has 7 heteroatoms. The van der Waals surface area contributed by atoms with Gasteiger partial charge < -0.3 is 9.80 Å². The van der Waals surface area contributed by atoms with Crippen molar-refractivity contribution >= 4 is 23.5 Å². The van der Waals surface area contributed by atoms with E-state index in [1.807, 2.05) is 40.8 Å². The summed E-state index contributed by atoms with van der Waals surface area (Å²) < 4.78 is 1.95. The van der Waals surface area contributed by atoms with E-state index in [4.69, 9.17) is 0 Å². The van der Waals surface area contributed by atoms with Gasteiger partial charge >= 0.3 is 0 Å². The number of thioether (sulfide) groups is 1. The van der Waals surface area contributed by atoms with Crippen LogP contribution >= 0.6 is 11.8 Å². The van der Waals surface area contributed by atoms with Gasteiger partial charge in [-0.3, -0.25) is 9.48 Å². The molecule has 1 amide bonds. The molecule has 4 rings (SSSR count). The van der Waals surface area contributed by atoms with E-state index in [0.717, 1.165) is 62.8 Å². The van der Waals surface area contributed by atoms with Gasteiger partial charge in [-0.25, -0.2) is 4.98 Å². The number of piperidine rings is 1. The van der Waals surface area contributed by atoms with Gasteiger partial charge in [0.15, 0.2) is 0 Å². The predicted octanol–water partition coefficient (Wildman–Crippen LogP) is 2.92. The lowest BCUT2D eigenvalue weighted by molar-refractivity contribution is 0.0593. The molecule has 0 radical (unpaired) electrons. The zero-order chi connectivity index (χ0) is 18.5. The Kier molecular flexibility index (Phi) is 5.97. The number of aryl methyl sites for hydroxylation is 1. The van der Waals surface area contributed by atoms with Gasteiger partial charge in [0.2, 0.25) is 0 Å². The first-order chi connectivity index (χ1) is 13.3. The molecule has 27 heavy (non-hydrogen) atoms. The van der Waals surface area contributed by atoms with Crippen molar-refractivity contribution in [2.75, 3.05) is 36.0 Å². The van der Waals surface area contributed by atoms with E-state index in [1.165, 1.54) is 6.42 Å². The fraction of sp³-hybridized carbons (Fsp3) is 0.550. The maximum atomic E-state index is 13.1. The van der Waals surface area contributed by atoms with Crippen LogP contribution in [0, 0.1) is 0 Å². The highest BCUT2D eigenvalue weighted by molar-refractivity contribution is 7.99. The lowest BCUT2D eigenvalue weighted by atomic mass is 9.98. The van der Waals surface area contributed by atoms with Crippen molar-refractivity contribution in [3.8, 4) is 0 Å². The third-order valence-electron chi connectivity index (χ3n) is 5.47. The number of nitrogens with zero attached hydrogens (tertiary/aromatic N) is 5. The average Bonchev–Trinajstić information content (AvgIpc) is 3.26. The molecule has 2 aliphatic rings. The molecule has 0 unspecified atom stereocenters. The molecule has 0 saturated carbocycles. The van der Waals surface area contributed by atoms with E-state index in [0.29, 0.717) is 5.56 Å². The van der Waals surface area contributed by atoms with Crippen molar-refractivity contribution in [3.63, 3.8) is 0 Å². The number of aromatic nitrogens is 3. The van der Waals surface area contributed by atoms with Crippen LogP contribution in [0.4, 0.5) is 5.82 Å². The van der Waals surface area contributed by atoms with Gasteiger partial charge in [0, 0.05) is 62.3 Å². The SMILES string of the molecule is O=C(c1ccc(N2CCSCC2)nc1)N1CCCC[C@H]1CCn1cccn1. The first-order valence-electron chi connectivity index (χ1n) is 9.88. The number of carbonyl (C=O) groups is 1. The molecule has 2 fully saturated rings. The summed E-state index contributed by atoms with van der Waals surface area (Å²) in [4.78, 5) is 22.1. The quantitative estimate of drug-likeness (QED) is 0.792. The molecule has 0 aliphatic carbocycles. The minimum atomic E-state index is 0.119. The molecule has 2 aromatic heterocycles. The van der Waals surface area contributed by atoms with Crippen LogP contribution in [-0.2, 0) is 6.54 Å². The Bertz CT molecular complexity index is 727. The van der Waals surface area contributed by atoms with Crippen LogP contribution < -0.4 is 4.90 Å². The smallest absolute Gasteiger partial charge is 0.255 e. The van der Waals surface area contributed by atoms with Crippen LogP contribution in [0.2, 0.25) is 0 Å². The van der Waals surface area contributed by atoms with Crippen molar-refractivity contribution in [1.29, 1.82) is 0 Å². The zero-order valence-corrected chi connectivity index (χ0v) is 16.5. The van der Waals surface area contributed by atoms with Crippen LogP contribution in [0.5, 0.6) is 0 Å². The first-order valence-corrected chi connectivity index (χ1v) is 11.0. The summed E-state index contributed by atoms with van der Waals surface area (Å²) in [5.74, 6) is 3.40. The largest absolute Gasteiger partial charge is 0.355 e. The minimum absolute atomic E-state index is 0.119. The van der Waals surface area contributed by atoms with E-state index >= 15 is 0 Å². The summed E-state index contributed by atoms with van der Waals surface area (Å²) in [5.41, 5.74) is 0.705. The number of rotatable bonds is 5. The number of likely N-dealkylation sites (tertiary alicyclic amines) is 1. The van der Waals surface area contributed by atoms with E-state index < -0.39 is 0 Å². The van der Waals surface area contributed by atoms with Crippen molar-refractivity contribution in [2.24, 2.45) is 0 Å². The molecule has 2 aromatic rings. The van der Waals surface area contributed by atoms with Crippen molar-refractivity contribution in [3.05, 3.63) is 42.4 Å². The molecule has 144 valence electrons. The zero-order valence-electron chi connectivity index (χ0n) is 15.7. The van der Waals surface area contributed by atoms with Crippen LogP contribution in [0.1, 0.15) is 36.0 Å². The summed E-state index contributed by atoms with van der Waals surface area (Å²) in [6, 6.07) is 6.18. The lowest BCUT2D eigenvalue weighted by Gasteiger charge is -2.36. The normalized spacial score (nSPS) is 20.7. The summed E-state index contributed by atoms with van der Waals surface area (Å²) in [6.07, 6.45) is 9.85. The van der Waals surface area contributed by atoms with E-state index in [-0.39, 0.29) is 11.9 Å². The average molecular weight is 386 g/mol. The molecular formula is C20H27N5OS. The van der Waals surface area contributed by atoms with Gasteiger partial charge in [0.25, 0.3) is 5.91 Å². The number of hydrogen-bond acceptors (Lipinski definition) is 5. The Morgan fingerprint density at radius 2 is 2.07 bits per heavy atom. The Hall–Kier alpha value is -2.02. The highest BCUT2D eigenvalue weighted by atomic mass is 32.2. The maximum absolute atomic E-state index is 13.1. The third kappa shape index (κ3) is 4.46. The van der Waals surface area contributed by atoms with Crippen molar-refractivity contribution < 1.29 is 4.79 Å². The van der Waals surface area contributed by atoms with Crippen LogP contribution in [0.3, 0.4) is 0 Å². The number of amides is 1. The highest BCUT2D eigenvalue weighted by Gasteiger charge is 2.27. The Balaban J connectivity index is 1.41. The molecule has 2 saturated heterocycles. The molecule has 2 aliphatic heterocycles. The Morgan fingerprint density at radius 3 is 2.81 bits per heavy atom. The van der Waals surface area contributed by atoms with Gasteiger partial charge in [-0.15, -0.1) is 0 Å².